The molecule has 0 aromatic carbocycles. The molecule has 1 amide bonds. The van der Waals surface area contributed by atoms with Gasteiger partial charge in [0.05, 0.1) is 38.6 Å². The molecule has 0 aliphatic carbocycles. The Morgan fingerprint density at radius 2 is 0.750 bits per heavy atom. The Bertz CT molecular complexity index is 1400. The van der Waals surface area contributed by atoms with E-state index in [4.69, 9.17) is 28.4 Å². The van der Waals surface area contributed by atoms with E-state index in [1.807, 2.05) is 0 Å². The fraction of sp³-hybridized carbons (Fsp3) is 0.982. The number of ether oxygens (including phenoxy) is 6. The van der Waals surface area contributed by atoms with Gasteiger partial charge in [0.1, 0.15) is 73.2 Å². The summed E-state index contributed by atoms with van der Waals surface area (Å²) < 4.78 is 34.1. The molecule has 3 fully saturated rings. The Morgan fingerprint density at radius 1 is 0.421 bits per heavy atom. The van der Waals surface area contributed by atoms with Gasteiger partial charge in [-0.15, -0.1) is 0 Å². The van der Waals surface area contributed by atoms with Gasteiger partial charge in [0.15, 0.2) is 18.9 Å². The van der Waals surface area contributed by atoms with Crippen molar-refractivity contribution >= 4 is 5.91 Å². The Hall–Kier alpha value is -1.21. The predicted molar refractivity (Wildman–Crippen MR) is 287 cm³/mol. The van der Waals surface area contributed by atoms with Crippen molar-refractivity contribution in [2.75, 3.05) is 26.4 Å². The number of rotatable bonds is 45. The minimum absolute atomic E-state index is 0.247. The zero-order valence-corrected chi connectivity index (χ0v) is 46.8. The summed E-state index contributed by atoms with van der Waals surface area (Å²) in [6, 6.07) is -0.877. The van der Waals surface area contributed by atoms with Crippen LogP contribution in [0.3, 0.4) is 0 Å². The van der Waals surface area contributed by atoms with Crippen molar-refractivity contribution in [3.8, 4) is 0 Å². The maximum atomic E-state index is 13.2. The molecule has 0 spiro atoms. The van der Waals surface area contributed by atoms with E-state index in [0.29, 0.717) is 12.8 Å². The van der Waals surface area contributed by atoms with Crippen LogP contribution < -0.4 is 5.32 Å². The Balaban J connectivity index is 1.32. The van der Waals surface area contributed by atoms with Crippen LogP contribution in [0.4, 0.5) is 0 Å². The molecule has 3 aliphatic heterocycles. The molecule has 19 heteroatoms. The summed E-state index contributed by atoms with van der Waals surface area (Å²) in [6.45, 7) is 1.66. The highest BCUT2D eigenvalue weighted by atomic mass is 16.8. The summed E-state index contributed by atoms with van der Waals surface area (Å²) >= 11 is 0. The molecular formula is C57H109NO18. The van der Waals surface area contributed by atoms with E-state index in [-0.39, 0.29) is 18.9 Å². The zero-order valence-electron chi connectivity index (χ0n) is 46.8. The van der Waals surface area contributed by atoms with Crippen LogP contribution in [-0.2, 0) is 33.2 Å². The van der Waals surface area contributed by atoms with Gasteiger partial charge in [0.2, 0.25) is 5.91 Å². The quantitative estimate of drug-likeness (QED) is 0.0348. The number of hydrogen-bond donors (Lipinski definition) is 12. The van der Waals surface area contributed by atoms with E-state index in [1.54, 1.807) is 0 Å². The number of aliphatic hydroxyl groups is 11. The van der Waals surface area contributed by atoms with Crippen LogP contribution in [0.15, 0.2) is 0 Å². The molecule has 3 rings (SSSR count). The summed E-state index contributed by atoms with van der Waals surface area (Å²) in [5.41, 5.74) is 0. The van der Waals surface area contributed by atoms with Crippen molar-refractivity contribution < 1.29 is 89.4 Å². The SMILES string of the molecule is CCCCCCCCCCCCCCCCCCCCCCCCCCCCCC(=O)NC(COC1OC(CO)C(OC2OC(CO)C(OC3OC(CO)C(O)C(O)C3O)C(O)C2O)C(O)C1O)C(O)CCCCCC. The van der Waals surface area contributed by atoms with E-state index in [9.17, 15) is 61.0 Å². The maximum absolute atomic E-state index is 13.2. The van der Waals surface area contributed by atoms with Crippen molar-refractivity contribution in [2.24, 2.45) is 0 Å². The smallest absolute Gasteiger partial charge is 0.220 e. The lowest BCUT2D eigenvalue weighted by molar-refractivity contribution is -0.379. The highest BCUT2D eigenvalue weighted by molar-refractivity contribution is 5.76. The van der Waals surface area contributed by atoms with Crippen molar-refractivity contribution in [3.05, 3.63) is 0 Å². The summed E-state index contributed by atoms with van der Waals surface area (Å²) in [6.07, 6.45) is 13.1. The first-order valence-electron chi connectivity index (χ1n) is 30.3. The van der Waals surface area contributed by atoms with Crippen LogP contribution in [0.25, 0.3) is 0 Å². The average molecular weight is 1100 g/mol. The fourth-order valence-electron chi connectivity index (χ4n) is 10.7. The number of carbonyl (C=O) groups excluding carboxylic acids is 1. The van der Waals surface area contributed by atoms with Crippen LogP contribution in [0.5, 0.6) is 0 Å². The number of amides is 1. The molecule has 17 unspecified atom stereocenters. The Morgan fingerprint density at radius 3 is 1.14 bits per heavy atom. The largest absolute Gasteiger partial charge is 0.394 e. The molecule has 0 bridgehead atoms. The van der Waals surface area contributed by atoms with E-state index in [0.717, 1.165) is 44.9 Å². The first-order valence-corrected chi connectivity index (χ1v) is 30.3. The standard InChI is InChI=1S/C57H109NO18/c1-3-5-7-9-10-11-12-13-14-15-16-17-18-19-20-21-22-23-24-25-26-27-28-29-30-31-33-35-45(63)58-40(41(62)34-32-8-6-4-2)39-71-55-51(69)48(66)53(43(37-60)73-55)76-57-52(70)49(67)54(44(38-61)74-57)75-56-50(68)47(65)46(64)42(36-59)72-56/h40-44,46-57,59-62,64-70H,3-39H2,1-2H3,(H,58,63). The third kappa shape index (κ3) is 25.7. The van der Waals surface area contributed by atoms with Gasteiger partial charge in [-0.3, -0.25) is 4.79 Å². The molecular weight excluding hydrogens is 987 g/mol. The second-order valence-electron chi connectivity index (χ2n) is 22.2. The fourth-order valence-corrected chi connectivity index (χ4v) is 10.7. The van der Waals surface area contributed by atoms with Gasteiger partial charge >= 0.3 is 0 Å². The van der Waals surface area contributed by atoms with Gasteiger partial charge in [-0.25, -0.2) is 0 Å². The third-order valence-corrected chi connectivity index (χ3v) is 15.7. The summed E-state index contributed by atoms with van der Waals surface area (Å²) in [5.74, 6) is -0.247. The third-order valence-electron chi connectivity index (χ3n) is 15.7. The maximum Gasteiger partial charge on any atom is 0.220 e. The summed E-state index contributed by atoms with van der Waals surface area (Å²) in [4.78, 5) is 13.2. The lowest BCUT2D eigenvalue weighted by Crippen LogP contribution is -2.66. The molecule has 3 saturated heterocycles. The lowest BCUT2D eigenvalue weighted by Gasteiger charge is -2.48. The first kappa shape index (κ1) is 69.1. The number of nitrogens with one attached hydrogen (secondary N) is 1. The summed E-state index contributed by atoms with van der Waals surface area (Å²) in [7, 11) is 0. The van der Waals surface area contributed by atoms with Crippen molar-refractivity contribution in [2.45, 2.75) is 330 Å². The zero-order chi connectivity index (χ0) is 55.5. The van der Waals surface area contributed by atoms with E-state index >= 15 is 0 Å². The van der Waals surface area contributed by atoms with E-state index < -0.39 is 124 Å². The normalized spacial score (nSPS) is 30.9. The Labute approximate surface area is 455 Å². The number of unbranched alkanes of at least 4 members (excludes halogenated alkanes) is 29. The van der Waals surface area contributed by atoms with Crippen LogP contribution >= 0.6 is 0 Å². The molecule has 17 atom stereocenters. The molecule has 19 nitrogen and oxygen atoms in total. The van der Waals surface area contributed by atoms with Gasteiger partial charge in [-0.1, -0.05) is 206 Å². The molecule has 76 heavy (non-hydrogen) atoms. The lowest BCUT2D eigenvalue weighted by atomic mass is 9.96. The monoisotopic (exact) mass is 1100 g/mol. The second-order valence-corrected chi connectivity index (χ2v) is 22.2. The average Bonchev–Trinajstić information content (AvgIpc) is 3.42. The highest BCUT2D eigenvalue weighted by Crippen LogP contribution is 2.33. The minimum atomic E-state index is -1.97. The van der Waals surface area contributed by atoms with Crippen LogP contribution in [-0.4, -0.2) is 193 Å². The summed E-state index contributed by atoms with van der Waals surface area (Å²) in [5, 5.41) is 119. The molecule has 0 radical (unpaired) electrons. The van der Waals surface area contributed by atoms with Crippen LogP contribution in [0, 0.1) is 0 Å². The molecule has 12 N–H and O–H groups in total. The van der Waals surface area contributed by atoms with Gasteiger partial charge in [-0.2, -0.15) is 0 Å². The van der Waals surface area contributed by atoms with Gasteiger partial charge in [0.25, 0.3) is 0 Å². The molecule has 0 aromatic heterocycles. The molecule has 3 heterocycles. The molecule has 3 aliphatic rings. The van der Waals surface area contributed by atoms with Crippen molar-refractivity contribution in [1.82, 2.24) is 5.32 Å². The van der Waals surface area contributed by atoms with Gasteiger partial charge < -0.3 is 89.9 Å². The van der Waals surface area contributed by atoms with Crippen LogP contribution in [0.1, 0.15) is 226 Å². The Kier molecular flexibility index (Phi) is 37.9. The minimum Gasteiger partial charge on any atom is -0.394 e. The van der Waals surface area contributed by atoms with Gasteiger partial charge in [0, 0.05) is 6.42 Å². The molecule has 0 aromatic rings. The second kappa shape index (κ2) is 41.7. The topological polar surface area (TPSA) is 307 Å². The molecule has 0 saturated carbocycles. The van der Waals surface area contributed by atoms with Crippen molar-refractivity contribution in [1.29, 1.82) is 0 Å². The van der Waals surface area contributed by atoms with E-state index in [2.05, 4.69) is 19.2 Å². The van der Waals surface area contributed by atoms with E-state index in [1.165, 1.54) is 148 Å². The highest BCUT2D eigenvalue weighted by Gasteiger charge is 2.53. The number of aliphatic hydroxyl groups excluding tert-OH is 11. The van der Waals surface area contributed by atoms with Crippen molar-refractivity contribution in [3.63, 3.8) is 0 Å². The number of hydrogen-bond acceptors (Lipinski definition) is 18. The van der Waals surface area contributed by atoms with Crippen LogP contribution in [0.2, 0.25) is 0 Å². The first-order chi connectivity index (χ1) is 36.8. The predicted octanol–water partition coefficient (Wildman–Crippen LogP) is 5.21. The van der Waals surface area contributed by atoms with Gasteiger partial charge in [-0.05, 0) is 12.8 Å². The molecule has 450 valence electrons. The number of carbonyl (C=O) groups is 1.